The van der Waals surface area contributed by atoms with Gasteiger partial charge in [0.2, 0.25) is 0 Å². The average molecular weight is 290 g/mol. The molecule has 2 fully saturated rings. The summed E-state index contributed by atoms with van der Waals surface area (Å²) in [4.78, 5) is 12.0. The van der Waals surface area contributed by atoms with Crippen LogP contribution >= 0.6 is 0 Å². The number of amides is 2. The van der Waals surface area contributed by atoms with Crippen molar-refractivity contribution < 1.29 is 14.6 Å². The maximum Gasteiger partial charge on any atom is 0.315 e. The highest BCUT2D eigenvalue weighted by molar-refractivity contribution is 5.74. The number of carbonyl (C=O) groups is 1. The zero-order chi connectivity index (χ0) is 14.7. The summed E-state index contributed by atoms with van der Waals surface area (Å²) in [6, 6.07) is 9.47. The molecule has 3 N–H and O–H groups in total. The summed E-state index contributed by atoms with van der Waals surface area (Å²) in [5.41, 5.74) is 1.10. The normalized spacial score (nSPS) is 28.3. The van der Waals surface area contributed by atoms with Crippen LogP contribution in [0.25, 0.3) is 0 Å². The van der Waals surface area contributed by atoms with Gasteiger partial charge in [-0.3, -0.25) is 0 Å². The minimum absolute atomic E-state index is 0.0739. The Hall–Kier alpha value is -1.59. The molecular weight excluding hydrogens is 268 g/mol. The highest BCUT2D eigenvalue weighted by Gasteiger charge is 2.41. The van der Waals surface area contributed by atoms with Crippen LogP contribution in [0.4, 0.5) is 4.79 Å². The Balaban J connectivity index is 1.48. The lowest BCUT2D eigenvalue weighted by atomic mass is 9.96. The van der Waals surface area contributed by atoms with Crippen molar-refractivity contribution in [3.05, 3.63) is 35.9 Å². The third-order valence-electron chi connectivity index (χ3n) is 4.30. The molecule has 3 rings (SSSR count). The molecule has 2 aliphatic rings. The SMILES string of the molecule is O=C(N[C@H](CO)Cc1ccccc1)N[C@@H]1C[C@H]2CC[C@H]1O2. The number of carbonyl (C=O) groups excluding carboxylic acids is 1. The number of benzene rings is 1. The number of ether oxygens (including phenoxy) is 1. The van der Waals surface area contributed by atoms with Crippen molar-refractivity contribution >= 4 is 6.03 Å². The number of fused-ring (bicyclic) bond motifs is 2. The van der Waals surface area contributed by atoms with Crippen LogP contribution in [-0.2, 0) is 11.2 Å². The van der Waals surface area contributed by atoms with Crippen molar-refractivity contribution in [2.75, 3.05) is 6.61 Å². The molecule has 2 bridgehead atoms. The highest BCUT2D eigenvalue weighted by Crippen LogP contribution is 2.34. The summed E-state index contributed by atoms with van der Waals surface area (Å²) in [6.07, 6.45) is 4.15. The Bertz CT molecular complexity index is 480. The summed E-state index contributed by atoms with van der Waals surface area (Å²) < 4.78 is 5.72. The number of rotatable bonds is 5. The Morgan fingerprint density at radius 3 is 2.76 bits per heavy atom. The smallest absolute Gasteiger partial charge is 0.315 e. The first-order chi connectivity index (χ1) is 10.2. The monoisotopic (exact) mass is 290 g/mol. The van der Waals surface area contributed by atoms with E-state index in [1.165, 1.54) is 0 Å². The molecule has 0 radical (unpaired) electrons. The maximum atomic E-state index is 12.0. The Labute approximate surface area is 124 Å². The highest BCUT2D eigenvalue weighted by atomic mass is 16.5. The zero-order valence-corrected chi connectivity index (χ0v) is 12.0. The van der Waals surface area contributed by atoms with Gasteiger partial charge in [-0.05, 0) is 31.2 Å². The second kappa shape index (κ2) is 6.45. The van der Waals surface area contributed by atoms with Gasteiger partial charge in [-0.1, -0.05) is 30.3 Å². The molecule has 2 aliphatic heterocycles. The van der Waals surface area contributed by atoms with Gasteiger partial charge in [-0.2, -0.15) is 0 Å². The Morgan fingerprint density at radius 1 is 1.33 bits per heavy atom. The molecule has 0 spiro atoms. The predicted molar refractivity (Wildman–Crippen MR) is 79.0 cm³/mol. The largest absolute Gasteiger partial charge is 0.394 e. The molecule has 2 heterocycles. The first-order valence-corrected chi connectivity index (χ1v) is 7.62. The summed E-state index contributed by atoms with van der Waals surface area (Å²) in [5.74, 6) is 0. The number of aliphatic hydroxyl groups excluding tert-OH is 1. The molecular formula is C16H22N2O3. The van der Waals surface area contributed by atoms with Gasteiger partial charge in [0.05, 0.1) is 30.9 Å². The number of urea groups is 1. The Kier molecular flexibility index (Phi) is 4.41. The lowest BCUT2D eigenvalue weighted by molar-refractivity contribution is 0.0979. The van der Waals surface area contributed by atoms with Gasteiger partial charge in [-0.15, -0.1) is 0 Å². The van der Waals surface area contributed by atoms with Crippen molar-refractivity contribution in [1.82, 2.24) is 10.6 Å². The summed E-state index contributed by atoms with van der Waals surface area (Å²) >= 11 is 0. The third kappa shape index (κ3) is 3.54. The molecule has 1 aromatic rings. The van der Waals surface area contributed by atoms with Crippen LogP contribution in [0, 0.1) is 0 Å². The van der Waals surface area contributed by atoms with Gasteiger partial charge in [0.15, 0.2) is 0 Å². The van der Waals surface area contributed by atoms with E-state index in [-0.39, 0.29) is 30.8 Å². The van der Waals surface area contributed by atoms with Crippen LogP contribution in [0.1, 0.15) is 24.8 Å². The summed E-state index contributed by atoms with van der Waals surface area (Å²) in [6.45, 7) is -0.0739. The molecule has 0 saturated carbocycles. The molecule has 0 aromatic heterocycles. The van der Waals surface area contributed by atoms with Crippen molar-refractivity contribution in [2.45, 2.75) is 50.0 Å². The van der Waals surface area contributed by atoms with E-state index in [1.807, 2.05) is 30.3 Å². The molecule has 5 nitrogen and oxygen atoms in total. The van der Waals surface area contributed by atoms with E-state index >= 15 is 0 Å². The van der Waals surface area contributed by atoms with E-state index < -0.39 is 0 Å². The fourth-order valence-electron chi connectivity index (χ4n) is 3.25. The molecule has 1 aromatic carbocycles. The molecule has 2 saturated heterocycles. The van der Waals surface area contributed by atoms with Gasteiger partial charge in [0.1, 0.15) is 0 Å². The van der Waals surface area contributed by atoms with Crippen LogP contribution in [0.15, 0.2) is 30.3 Å². The summed E-state index contributed by atoms with van der Waals surface area (Å²) in [7, 11) is 0. The lowest BCUT2D eigenvalue weighted by Crippen LogP contribution is -2.50. The standard InChI is InChI=1S/C16H22N2O3/c19-10-12(8-11-4-2-1-3-5-11)17-16(20)18-14-9-13-6-7-15(14)21-13/h1-5,12-15,19H,6-10H2,(H2,17,18,20)/t12-,13+,14+,15+/m0/s1. The second-order valence-electron chi connectivity index (χ2n) is 5.90. The fraction of sp³-hybridized carbons (Fsp3) is 0.562. The number of nitrogens with one attached hydrogen (secondary N) is 2. The van der Waals surface area contributed by atoms with Gasteiger partial charge in [0.25, 0.3) is 0 Å². The second-order valence-corrected chi connectivity index (χ2v) is 5.90. The first kappa shape index (κ1) is 14.4. The fourth-order valence-corrected chi connectivity index (χ4v) is 3.25. The van der Waals surface area contributed by atoms with Crippen LogP contribution in [0.5, 0.6) is 0 Å². The molecule has 5 heteroatoms. The van der Waals surface area contributed by atoms with Crippen molar-refractivity contribution in [1.29, 1.82) is 0 Å². The van der Waals surface area contributed by atoms with E-state index in [0.717, 1.165) is 24.8 Å². The van der Waals surface area contributed by atoms with Crippen molar-refractivity contribution in [2.24, 2.45) is 0 Å². The molecule has 21 heavy (non-hydrogen) atoms. The van der Waals surface area contributed by atoms with Crippen LogP contribution in [0.2, 0.25) is 0 Å². The third-order valence-corrected chi connectivity index (χ3v) is 4.30. The molecule has 0 aliphatic carbocycles. The minimum atomic E-state index is -0.271. The van der Waals surface area contributed by atoms with Gasteiger partial charge < -0.3 is 20.5 Å². The molecule has 2 amide bonds. The number of aliphatic hydroxyl groups is 1. The lowest BCUT2D eigenvalue weighted by Gasteiger charge is -2.23. The van der Waals surface area contributed by atoms with Gasteiger partial charge >= 0.3 is 6.03 Å². The topological polar surface area (TPSA) is 70.6 Å². The molecule has 4 atom stereocenters. The average Bonchev–Trinajstić information content (AvgIpc) is 3.10. The molecule has 0 unspecified atom stereocenters. The van der Waals surface area contributed by atoms with E-state index in [4.69, 9.17) is 4.74 Å². The first-order valence-electron chi connectivity index (χ1n) is 7.62. The van der Waals surface area contributed by atoms with Crippen molar-refractivity contribution in [3.8, 4) is 0 Å². The maximum absolute atomic E-state index is 12.0. The van der Waals surface area contributed by atoms with E-state index in [1.54, 1.807) is 0 Å². The van der Waals surface area contributed by atoms with Crippen LogP contribution < -0.4 is 10.6 Å². The van der Waals surface area contributed by atoms with Gasteiger partial charge in [-0.25, -0.2) is 4.79 Å². The zero-order valence-electron chi connectivity index (χ0n) is 12.0. The quantitative estimate of drug-likeness (QED) is 0.763. The predicted octanol–water partition coefficient (Wildman–Crippen LogP) is 1.21. The molecule has 114 valence electrons. The van der Waals surface area contributed by atoms with Crippen molar-refractivity contribution in [3.63, 3.8) is 0 Å². The van der Waals surface area contributed by atoms with Gasteiger partial charge in [0, 0.05) is 0 Å². The van der Waals surface area contributed by atoms with E-state index in [9.17, 15) is 9.90 Å². The Morgan fingerprint density at radius 2 is 2.14 bits per heavy atom. The minimum Gasteiger partial charge on any atom is -0.394 e. The van der Waals surface area contributed by atoms with E-state index in [2.05, 4.69) is 10.6 Å². The summed E-state index contributed by atoms with van der Waals surface area (Å²) in [5, 5.41) is 15.3. The number of hydrogen-bond donors (Lipinski definition) is 3. The van der Waals surface area contributed by atoms with Crippen LogP contribution in [0.3, 0.4) is 0 Å². The van der Waals surface area contributed by atoms with E-state index in [0.29, 0.717) is 12.5 Å². The van der Waals surface area contributed by atoms with Crippen LogP contribution in [-0.4, -0.2) is 42.0 Å². The number of hydrogen-bond acceptors (Lipinski definition) is 3.